The van der Waals surface area contributed by atoms with Gasteiger partial charge in [-0.3, -0.25) is 4.79 Å². The summed E-state index contributed by atoms with van der Waals surface area (Å²) in [5.74, 6) is -0.274. The van der Waals surface area contributed by atoms with Gasteiger partial charge in [0.1, 0.15) is 22.8 Å². The van der Waals surface area contributed by atoms with Gasteiger partial charge in [0.05, 0.1) is 7.11 Å². The fraction of sp³-hybridized carbons (Fsp3) is 0.0625. The number of benzene rings is 2. The fourth-order valence-electron chi connectivity index (χ4n) is 1.78. The zero-order chi connectivity index (χ0) is 14.5. The summed E-state index contributed by atoms with van der Waals surface area (Å²) in [6, 6.07) is 11.4. The highest BCUT2D eigenvalue weighted by molar-refractivity contribution is 6.10. The van der Waals surface area contributed by atoms with Gasteiger partial charge in [-0.15, -0.1) is 0 Å². The Balaban J connectivity index is 2.25. The maximum Gasteiger partial charge on any atom is 0.193 e. The van der Waals surface area contributed by atoms with Crippen LogP contribution in [0, 0.1) is 0 Å². The number of carbonyl (C=O) groups is 1. The SMILES string of the molecule is COc1cccc(/C=C/C(=O)c2c(O)cccc2O)c1. The van der Waals surface area contributed by atoms with Crippen molar-refractivity contribution in [3.8, 4) is 17.2 Å². The summed E-state index contributed by atoms with van der Waals surface area (Å²) in [7, 11) is 1.56. The second kappa shape index (κ2) is 5.93. The average Bonchev–Trinajstić information content (AvgIpc) is 2.45. The number of phenols is 2. The van der Waals surface area contributed by atoms with E-state index < -0.39 is 5.78 Å². The number of methoxy groups -OCH3 is 1. The number of ether oxygens (including phenoxy) is 1. The largest absolute Gasteiger partial charge is 0.507 e. The van der Waals surface area contributed by atoms with E-state index >= 15 is 0 Å². The van der Waals surface area contributed by atoms with E-state index in [4.69, 9.17) is 4.74 Å². The molecule has 0 fully saturated rings. The van der Waals surface area contributed by atoms with Crippen LogP contribution in [0.25, 0.3) is 6.08 Å². The first-order valence-electron chi connectivity index (χ1n) is 5.99. The van der Waals surface area contributed by atoms with E-state index in [1.165, 1.54) is 24.3 Å². The molecule has 0 unspecified atom stereocenters. The van der Waals surface area contributed by atoms with Crippen LogP contribution in [0.5, 0.6) is 17.2 Å². The average molecular weight is 270 g/mol. The summed E-state index contributed by atoms with van der Waals surface area (Å²) in [6.45, 7) is 0. The van der Waals surface area contributed by atoms with Crippen LogP contribution in [0.2, 0.25) is 0 Å². The molecule has 0 aromatic heterocycles. The molecule has 2 aromatic carbocycles. The second-order valence-corrected chi connectivity index (χ2v) is 4.15. The van der Waals surface area contributed by atoms with Crippen molar-refractivity contribution in [2.75, 3.05) is 7.11 Å². The Bertz CT molecular complexity index is 639. The lowest BCUT2D eigenvalue weighted by Gasteiger charge is -2.03. The van der Waals surface area contributed by atoms with Gasteiger partial charge in [-0.2, -0.15) is 0 Å². The number of allylic oxidation sites excluding steroid dienone is 1. The van der Waals surface area contributed by atoms with E-state index in [-0.39, 0.29) is 17.1 Å². The first-order valence-corrected chi connectivity index (χ1v) is 5.99. The van der Waals surface area contributed by atoms with Crippen LogP contribution in [0.15, 0.2) is 48.5 Å². The molecular formula is C16H14O4. The second-order valence-electron chi connectivity index (χ2n) is 4.15. The lowest BCUT2D eigenvalue weighted by atomic mass is 10.1. The molecule has 0 bridgehead atoms. The number of aromatic hydroxyl groups is 2. The van der Waals surface area contributed by atoms with Crippen LogP contribution in [-0.2, 0) is 0 Å². The summed E-state index contributed by atoms with van der Waals surface area (Å²) in [5, 5.41) is 19.2. The third kappa shape index (κ3) is 2.98. The molecule has 4 heteroatoms. The van der Waals surface area contributed by atoms with Crippen LogP contribution in [0.1, 0.15) is 15.9 Å². The van der Waals surface area contributed by atoms with Crippen molar-refractivity contribution in [2.24, 2.45) is 0 Å². The van der Waals surface area contributed by atoms with Crippen molar-refractivity contribution in [1.29, 1.82) is 0 Å². The summed E-state index contributed by atoms with van der Waals surface area (Å²) in [6.07, 6.45) is 2.89. The first kappa shape index (κ1) is 13.7. The molecule has 0 saturated heterocycles. The Labute approximate surface area is 116 Å². The Morgan fingerprint density at radius 3 is 2.40 bits per heavy atom. The Kier molecular flexibility index (Phi) is 4.05. The minimum absolute atomic E-state index is 0.105. The van der Waals surface area contributed by atoms with E-state index in [1.54, 1.807) is 31.4 Å². The molecule has 4 nitrogen and oxygen atoms in total. The summed E-state index contributed by atoms with van der Waals surface area (Å²) >= 11 is 0. The van der Waals surface area contributed by atoms with Crippen LogP contribution in [-0.4, -0.2) is 23.1 Å². The monoisotopic (exact) mass is 270 g/mol. The molecule has 0 spiro atoms. The smallest absolute Gasteiger partial charge is 0.193 e. The molecule has 0 heterocycles. The fourth-order valence-corrected chi connectivity index (χ4v) is 1.78. The zero-order valence-electron chi connectivity index (χ0n) is 10.9. The first-order chi connectivity index (χ1) is 9.61. The van der Waals surface area contributed by atoms with Gasteiger partial charge in [-0.05, 0) is 35.9 Å². The van der Waals surface area contributed by atoms with E-state index in [1.807, 2.05) is 6.07 Å². The minimum atomic E-state index is -0.469. The van der Waals surface area contributed by atoms with Gasteiger partial charge in [0.25, 0.3) is 0 Å². The van der Waals surface area contributed by atoms with Crippen molar-refractivity contribution in [2.45, 2.75) is 0 Å². The Morgan fingerprint density at radius 2 is 1.75 bits per heavy atom. The van der Waals surface area contributed by atoms with Gasteiger partial charge in [0.2, 0.25) is 0 Å². The van der Waals surface area contributed by atoms with Crippen molar-refractivity contribution >= 4 is 11.9 Å². The number of rotatable bonds is 4. The van der Waals surface area contributed by atoms with Gasteiger partial charge < -0.3 is 14.9 Å². The van der Waals surface area contributed by atoms with Gasteiger partial charge in [0, 0.05) is 0 Å². The van der Waals surface area contributed by atoms with E-state index in [0.29, 0.717) is 5.75 Å². The van der Waals surface area contributed by atoms with Crippen LogP contribution < -0.4 is 4.74 Å². The normalized spacial score (nSPS) is 10.7. The van der Waals surface area contributed by atoms with Crippen molar-refractivity contribution in [1.82, 2.24) is 0 Å². The molecule has 102 valence electrons. The summed E-state index contributed by atoms with van der Waals surface area (Å²) in [5.41, 5.74) is 0.680. The lowest BCUT2D eigenvalue weighted by molar-refractivity contribution is 0.104. The van der Waals surface area contributed by atoms with Gasteiger partial charge in [0.15, 0.2) is 5.78 Å². The van der Waals surface area contributed by atoms with Crippen LogP contribution >= 0.6 is 0 Å². The van der Waals surface area contributed by atoms with Gasteiger partial charge >= 0.3 is 0 Å². The molecule has 0 aliphatic carbocycles. The van der Waals surface area contributed by atoms with Crippen molar-refractivity contribution in [3.05, 3.63) is 59.7 Å². The summed E-state index contributed by atoms with van der Waals surface area (Å²) < 4.78 is 5.09. The number of carbonyl (C=O) groups excluding carboxylic acids is 1. The molecule has 0 radical (unpaired) electrons. The molecule has 2 N–H and O–H groups in total. The zero-order valence-corrected chi connectivity index (χ0v) is 10.9. The minimum Gasteiger partial charge on any atom is -0.507 e. The molecule has 2 aromatic rings. The van der Waals surface area contributed by atoms with E-state index in [2.05, 4.69) is 0 Å². The molecule has 0 saturated carbocycles. The number of hydrogen-bond donors (Lipinski definition) is 2. The summed E-state index contributed by atoms with van der Waals surface area (Å²) in [4.78, 5) is 12.0. The number of phenolic OH excluding ortho intramolecular Hbond substituents is 2. The molecule has 2 rings (SSSR count). The maximum atomic E-state index is 12.0. The van der Waals surface area contributed by atoms with Crippen LogP contribution in [0.4, 0.5) is 0 Å². The quantitative estimate of drug-likeness (QED) is 0.662. The standard InChI is InChI=1S/C16H14O4/c1-20-12-5-2-4-11(10-12)8-9-15(19)16-13(17)6-3-7-14(16)18/h2-10,17-18H,1H3/b9-8+. The van der Waals surface area contributed by atoms with E-state index in [9.17, 15) is 15.0 Å². The molecule has 0 atom stereocenters. The molecule has 0 aliphatic rings. The molecule has 20 heavy (non-hydrogen) atoms. The third-order valence-corrected chi connectivity index (χ3v) is 2.79. The number of ketones is 1. The van der Waals surface area contributed by atoms with Crippen LogP contribution in [0.3, 0.4) is 0 Å². The highest BCUT2D eigenvalue weighted by Gasteiger charge is 2.12. The highest BCUT2D eigenvalue weighted by Crippen LogP contribution is 2.27. The highest BCUT2D eigenvalue weighted by atomic mass is 16.5. The third-order valence-electron chi connectivity index (χ3n) is 2.79. The Morgan fingerprint density at radius 1 is 1.10 bits per heavy atom. The Hall–Kier alpha value is -2.75. The predicted molar refractivity (Wildman–Crippen MR) is 76.1 cm³/mol. The maximum absolute atomic E-state index is 12.0. The predicted octanol–water partition coefficient (Wildman–Crippen LogP) is 3.00. The van der Waals surface area contributed by atoms with Crippen molar-refractivity contribution < 1.29 is 19.7 Å². The van der Waals surface area contributed by atoms with Gasteiger partial charge in [-0.1, -0.05) is 24.3 Å². The van der Waals surface area contributed by atoms with E-state index in [0.717, 1.165) is 5.56 Å². The topological polar surface area (TPSA) is 66.8 Å². The molecule has 0 aliphatic heterocycles. The van der Waals surface area contributed by atoms with Crippen molar-refractivity contribution in [3.63, 3.8) is 0 Å². The lowest BCUT2D eigenvalue weighted by Crippen LogP contribution is -1.95. The molecular weight excluding hydrogens is 256 g/mol. The number of hydrogen-bond acceptors (Lipinski definition) is 4. The van der Waals surface area contributed by atoms with Gasteiger partial charge in [-0.25, -0.2) is 0 Å². The molecule has 0 amide bonds.